The summed E-state index contributed by atoms with van der Waals surface area (Å²) in [5.41, 5.74) is 3.17. The number of ether oxygens (including phenoxy) is 3. The van der Waals surface area contributed by atoms with Gasteiger partial charge < -0.3 is 28.2 Å². The number of fused-ring (bicyclic) bond motifs is 2. The summed E-state index contributed by atoms with van der Waals surface area (Å²) in [6.07, 6.45) is 8.42. The molecule has 0 N–H and O–H groups in total. The highest BCUT2D eigenvalue weighted by atomic mass is 16.5. The van der Waals surface area contributed by atoms with E-state index in [0.29, 0.717) is 56.7 Å². The molecule has 61 heavy (non-hydrogen) atoms. The van der Waals surface area contributed by atoms with E-state index in [9.17, 15) is 24.0 Å². The van der Waals surface area contributed by atoms with Gasteiger partial charge in [0.05, 0.1) is 13.2 Å². The van der Waals surface area contributed by atoms with Gasteiger partial charge in [-0.25, -0.2) is 4.79 Å². The van der Waals surface area contributed by atoms with Crippen molar-refractivity contribution in [2.75, 3.05) is 13.2 Å². The van der Waals surface area contributed by atoms with Gasteiger partial charge in [0.2, 0.25) is 0 Å². The highest BCUT2D eigenvalue weighted by molar-refractivity contribution is 5.98. The summed E-state index contributed by atoms with van der Waals surface area (Å²) in [5.74, 6) is 1.98. The van der Waals surface area contributed by atoms with Gasteiger partial charge >= 0.3 is 5.63 Å². The second kappa shape index (κ2) is 22.3. The van der Waals surface area contributed by atoms with Crippen LogP contribution in [0.1, 0.15) is 147 Å². The Morgan fingerprint density at radius 1 is 0.820 bits per heavy atom. The first-order valence-corrected chi connectivity index (χ1v) is 21.8. The van der Waals surface area contributed by atoms with E-state index >= 15 is 0 Å². The van der Waals surface area contributed by atoms with Crippen LogP contribution in [0.25, 0.3) is 17.0 Å². The van der Waals surface area contributed by atoms with Crippen LogP contribution in [-0.2, 0) is 30.3 Å². The van der Waals surface area contributed by atoms with Crippen LogP contribution in [0.15, 0.2) is 76.0 Å². The van der Waals surface area contributed by atoms with Gasteiger partial charge in [-0.1, -0.05) is 100 Å². The van der Waals surface area contributed by atoms with Gasteiger partial charge in [0.15, 0.2) is 5.78 Å². The molecule has 1 saturated carbocycles. The molecular formula is C52H74O9. The Balaban J connectivity index is 0.000000414. The van der Waals surface area contributed by atoms with Crippen LogP contribution in [0.4, 0.5) is 0 Å². The Morgan fingerprint density at radius 2 is 1.39 bits per heavy atom. The minimum absolute atomic E-state index is 0.000835. The van der Waals surface area contributed by atoms with Crippen LogP contribution in [0, 0.1) is 27.1 Å². The number of hydrogen-bond acceptors (Lipinski definition) is 9. The average molecular weight is 843 g/mol. The van der Waals surface area contributed by atoms with E-state index in [1.807, 2.05) is 50.3 Å². The van der Waals surface area contributed by atoms with Crippen molar-refractivity contribution in [3.05, 3.63) is 88.3 Å². The maximum Gasteiger partial charge on any atom is 0.336 e. The summed E-state index contributed by atoms with van der Waals surface area (Å²) in [4.78, 5) is 54.6. The van der Waals surface area contributed by atoms with E-state index in [1.165, 1.54) is 25.5 Å². The zero-order valence-corrected chi connectivity index (χ0v) is 39.7. The molecule has 9 nitrogen and oxygen atoms in total. The molecule has 1 fully saturated rings. The van der Waals surface area contributed by atoms with Crippen molar-refractivity contribution in [3.63, 3.8) is 0 Å². The summed E-state index contributed by atoms with van der Waals surface area (Å²) >= 11 is 0. The second-order valence-corrected chi connectivity index (χ2v) is 18.8. The van der Waals surface area contributed by atoms with Gasteiger partial charge in [0.25, 0.3) is 6.47 Å². The van der Waals surface area contributed by atoms with Gasteiger partial charge in [-0.15, -0.1) is 0 Å². The number of carbonyl (C=O) groups is 4. The molecule has 1 unspecified atom stereocenters. The number of carbonyl (C=O) groups excluding carboxylic acids is 4. The molecule has 336 valence electrons. The molecule has 3 aromatic rings. The van der Waals surface area contributed by atoms with E-state index < -0.39 is 5.63 Å². The van der Waals surface area contributed by atoms with Crippen molar-refractivity contribution in [2.45, 2.75) is 148 Å². The molecule has 2 aliphatic carbocycles. The molecular weight excluding hydrogens is 769 g/mol. The third kappa shape index (κ3) is 13.3. The number of allylic oxidation sites excluding steroid dienone is 2. The van der Waals surface area contributed by atoms with E-state index in [-0.39, 0.29) is 50.5 Å². The Hall–Kier alpha value is -4.79. The molecule has 0 bridgehead atoms. The average Bonchev–Trinajstić information content (AvgIpc) is 3.52. The molecule has 0 saturated heterocycles. The summed E-state index contributed by atoms with van der Waals surface area (Å²) in [7, 11) is 0. The van der Waals surface area contributed by atoms with Crippen molar-refractivity contribution < 1.29 is 37.8 Å². The molecule has 2 aliphatic rings. The van der Waals surface area contributed by atoms with Crippen molar-refractivity contribution >= 4 is 40.9 Å². The van der Waals surface area contributed by atoms with Crippen molar-refractivity contribution in [2.24, 2.45) is 27.1 Å². The van der Waals surface area contributed by atoms with E-state index in [2.05, 4.69) is 68.9 Å². The van der Waals surface area contributed by atoms with E-state index in [0.717, 1.165) is 41.5 Å². The van der Waals surface area contributed by atoms with E-state index in [1.54, 1.807) is 25.1 Å². The first-order chi connectivity index (χ1) is 28.4. The summed E-state index contributed by atoms with van der Waals surface area (Å²) in [5, 5.41) is 0.833. The van der Waals surface area contributed by atoms with Crippen LogP contribution in [0.5, 0.6) is 11.5 Å². The Bertz CT molecular complexity index is 2040. The first kappa shape index (κ1) is 52.3. The molecule has 0 radical (unpaired) electrons. The number of Topliss-reactive ketones (excluding diaryl/α,β-unsaturated/α-hetero) is 2. The van der Waals surface area contributed by atoms with Crippen molar-refractivity contribution in [1.82, 2.24) is 0 Å². The molecule has 1 heterocycles. The molecule has 5 rings (SSSR count). The molecule has 0 spiro atoms. The van der Waals surface area contributed by atoms with Gasteiger partial charge in [0.1, 0.15) is 34.8 Å². The second-order valence-electron chi connectivity index (χ2n) is 18.8. The quantitative estimate of drug-likeness (QED) is 0.0565. The fraction of sp³-hybridized carbons (Fsp3) is 0.558. The summed E-state index contributed by atoms with van der Waals surface area (Å²) in [6, 6.07) is 14.4. The van der Waals surface area contributed by atoms with Crippen LogP contribution in [0.2, 0.25) is 0 Å². The fourth-order valence-electron chi connectivity index (χ4n) is 8.14. The molecule has 1 aromatic heterocycles. The van der Waals surface area contributed by atoms with Crippen LogP contribution in [-0.4, -0.2) is 43.1 Å². The van der Waals surface area contributed by atoms with Crippen LogP contribution < -0.4 is 15.1 Å². The minimum Gasteiger partial charge on any atom is -0.494 e. The van der Waals surface area contributed by atoms with E-state index in [4.69, 9.17) is 18.6 Å². The summed E-state index contributed by atoms with van der Waals surface area (Å²) < 4.78 is 22.5. The molecule has 2 aromatic carbocycles. The zero-order chi connectivity index (χ0) is 46.4. The third-order valence-electron chi connectivity index (χ3n) is 13.2. The molecule has 1 atom stereocenters. The monoisotopic (exact) mass is 843 g/mol. The molecule has 0 aliphatic heterocycles. The van der Waals surface area contributed by atoms with Gasteiger partial charge in [-0.3, -0.25) is 9.59 Å². The highest BCUT2D eigenvalue weighted by Crippen LogP contribution is 2.84. The lowest BCUT2D eigenvalue weighted by atomic mass is 9.59. The number of unbranched alkanes of at least 4 members (excludes halogenated alkanes) is 2. The van der Waals surface area contributed by atoms with Crippen molar-refractivity contribution in [1.29, 1.82) is 0 Å². The zero-order valence-electron chi connectivity index (χ0n) is 39.7. The normalized spacial score (nSPS) is 15.8. The largest absolute Gasteiger partial charge is 0.494 e. The van der Waals surface area contributed by atoms with Gasteiger partial charge in [-0.2, -0.15) is 0 Å². The topological polar surface area (TPSA) is 126 Å². The summed E-state index contributed by atoms with van der Waals surface area (Å²) in [6.45, 7) is 35.5. The maximum absolute atomic E-state index is 11.5. The number of rotatable bonds is 17. The minimum atomic E-state index is -0.396. The maximum atomic E-state index is 11.5. The smallest absolute Gasteiger partial charge is 0.336 e. The fourth-order valence-corrected chi connectivity index (χ4v) is 8.14. The Morgan fingerprint density at radius 3 is 1.97 bits per heavy atom. The molecule has 0 amide bonds. The first-order valence-electron chi connectivity index (χ1n) is 21.8. The number of ketones is 3. The highest BCUT2D eigenvalue weighted by Gasteiger charge is 2.79. The standard InChI is InChI=1S/C30H42O5.C17H20O3.C3H6O.C2H6/c1-20(27(5,6)26(2,3)4)30(28(7,8)29(30,9)10)18-23(34-19-31)15-16-33-22-13-11-21-12-14-25(32)35-24(21)17-22;1-13(18)5-3-2-4-10-20-17-9-7-14-6-8-16(19)11-15(14)12-17;1-3(2)4;1-2/h11-14,17,19,23H,1,15-16,18H2,2-10H3;6-9,12H,2-5,10-11H2,1H3;1-2H3;1-2H3. The SMILES string of the molecule is C=C(C(C)(C)C(C)(C)C)C1(CC(CCOc2ccc3ccc(=O)oc3c2)OC=O)C(C)(C)C1(C)C.CC.CC(=O)CCCCCOc1ccc2c(c1)CC(=O)C=C2.CC(C)=O. The van der Waals surface area contributed by atoms with Gasteiger partial charge in [-0.05, 0) is 116 Å². The number of benzene rings is 2. The molecule has 9 heteroatoms. The third-order valence-corrected chi connectivity index (χ3v) is 13.2. The predicted molar refractivity (Wildman–Crippen MR) is 247 cm³/mol. The Labute approximate surface area is 365 Å². The lowest BCUT2D eigenvalue weighted by molar-refractivity contribution is -0.135. The lowest BCUT2D eigenvalue weighted by Gasteiger charge is -2.46. The number of hydrogen-bond donors (Lipinski definition) is 0. The van der Waals surface area contributed by atoms with Crippen LogP contribution in [0.3, 0.4) is 0 Å². The van der Waals surface area contributed by atoms with Gasteiger partial charge in [0, 0.05) is 42.2 Å². The predicted octanol–water partition coefficient (Wildman–Crippen LogP) is 12.1. The van der Waals surface area contributed by atoms with Crippen LogP contribution >= 0.6 is 0 Å². The lowest BCUT2D eigenvalue weighted by Crippen LogP contribution is -2.38. The Kier molecular flexibility index (Phi) is 19.2. The van der Waals surface area contributed by atoms with Crippen molar-refractivity contribution in [3.8, 4) is 11.5 Å².